The van der Waals surface area contributed by atoms with Crippen LogP contribution in [-0.2, 0) is 6.54 Å². The molecule has 5 aromatic rings. The molecule has 0 saturated carbocycles. The van der Waals surface area contributed by atoms with Gasteiger partial charge >= 0.3 is 0 Å². The minimum atomic E-state index is 0.115. The Bertz CT molecular complexity index is 1470. The van der Waals surface area contributed by atoms with Gasteiger partial charge in [-0.25, -0.2) is 15.0 Å². The van der Waals surface area contributed by atoms with Gasteiger partial charge in [0, 0.05) is 47.2 Å². The number of aryl methyl sites for hydroxylation is 1. The summed E-state index contributed by atoms with van der Waals surface area (Å²) in [4.78, 5) is 20.9. The zero-order valence-corrected chi connectivity index (χ0v) is 17.6. The fourth-order valence-electron chi connectivity index (χ4n) is 3.46. The number of benzene rings is 1. The number of hydrogen-bond donors (Lipinski definition) is 2. The molecule has 0 spiro atoms. The van der Waals surface area contributed by atoms with Crippen LogP contribution < -0.4 is 10.8 Å². The van der Waals surface area contributed by atoms with Crippen molar-refractivity contribution in [1.29, 1.82) is 0 Å². The number of fused-ring (bicyclic) bond motifs is 2. The van der Waals surface area contributed by atoms with Gasteiger partial charge in [-0.1, -0.05) is 30.0 Å². The highest BCUT2D eigenvalue weighted by molar-refractivity contribution is 7.98. The SMILES string of the molecule is CSc1nc(=NCCCn2ccnc2)n2ncc(=Cc3c(O)[nH]c4ccccc34)c2n1. The molecule has 156 valence electrons. The van der Waals surface area contributed by atoms with Crippen molar-refractivity contribution >= 4 is 34.4 Å². The average Bonchev–Trinajstić information content (AvgIpc) is 3.51. The number of nitrogens with one attached hydrogen (secondary N) is 1. The number of aromatic amines is 1. The maximum Gasteiger partial charge on any atom is 0.250 e. The number of thioether (sulfide) groups is 1. The second-order valence-corrected chi connectivity index (χ2v) is 7.73. The summed E-state index contributed by atoms with van der Waals surface area (Å²) >= 11 is 1.46. The van der Waals surface area contributed by atoms with Gasteiger partial charge < -0.3 is 14.7 Å². The molecular weight excluding hydrogens is 412 g/mol. The molecule has 0 aliphatic carbocycles. The van der Waals surface area contributed by atoms with Crippen LogP contribution in [-0.4, -0.2) is 52.0 Å². The zero-order valence-electron chi connectivity index (χ0n) is 16.8. The Labute approximate surface area is 181 Å². The second-order valence-electron chi connectivity index (χ2n) is 6.96. The van der Waals surface area contributed by atoms with E-state index >= 15 is 0 Å². The van der Waals surface area contributed by atoms with Gasteiger partial charge in [-0.2, -0.15) is 14.6 Å². The molecule has 1 aromatic carbocycles. The van der Waals surface area contributed by atoms with E-state index < -0.39 is 0 Å². The summed E-state index contributed by atoms with van der Waals surface area (Å²) in [5.74, 6) is 0.115. The van der Waals surface area contributed by atoms with Gasteiger partial charge in [-0.15, -0.1) is 0 Å². The summed E-state index contributed by atoms with van der Waals surface area (Å²) < 4.78 is 3.67. The molecule has 5 rings (SSSR count). The molecule has 4 aromatic heterocycles. The van der Waals surface area contributed by atoms with Gasteiger partial charge in [-0.05, 0) is 24.8 Å². The maximum absolute atomic E-state index is 10.4. The van der Waals surface area contributed by atoms with Crippen LogP contribution in [0.15, 0.2) is 59.3 Å². The topological polar surface area (TPSA) is 109 Å². The first-order valence-corrected chi connectivity index (χ1v) is 11.0. The summed E-state index contributed by atoms with van der Waals surface area (Å²) in [6, 6.07) is 7.76. The lowest BCUT2D eigenvalue weighted by atomic mass is 10.1. The Kier molecular flexibility index (Phi) is 5.13. The number of rotatable bonds is 6. The lowest BCUT2D eigenvalue weighted by molar-refractivity contribution is 0.457. The largest absolute Gasteiger partial charge is 0.494 e. The van der Waals surface area contributed by atoms with Crippen LogP contribution in [0.5, 0.6) is 5.88 Å². The maximum atomic E-state index is 10.4. The van der Waals surface area contributed by atoms with E-state index in [1.165, 1.54) is 11.8 Å². The first-order chi connectivity index (χ1) is 15.2. The number of aromatic nitrogens is 7. The molecule has 0 aliphatic rings. The molecule has 0 atom stereocenters. The van der Waals surface area contributed by atoms with E-state index in [1.54, 1.807) is 23.2 Å². The van der Waals surface area contributed by atoms with Gasteiger partial charge in [0.2, 0.25) is 5.62 Å². The standard InChI is InChI=1S/C21H20N8OS/c1-31-21-26-18-14(11-16-15-5-2-3-6-17(15)25-19(16)30)12-24-29(18)20(27-21)23-7-4-9-28-10-8-22-13-28/h2-3,5-6,8,10-13,25,30H,4,7,9H2,1H3. The molecule has 0 amide bonds. The molecule has 0 fully saturated rings. The molecule has 31 heavy (non-hydrogen) atoms. The van der Waals surface area contributed by atoms with Crippen LogP contribution >= 0.6 is 11.8 Å². The third-order valence-corrected chi connectivity index (χ3v) is 5.50. The van der Waals surface area contributed by atoms with Gasteiger partial charge in [0.05, 0.1) is 12.5 Å². The summed E-state index contributed by atoms with van der Waals surface area (Å²) in [6.07, 6.45) is 11.9. The van der Waals surface area contributed by atoms with E-state index in [4.69, 9.17) is 0 Å². The van der Waals surface area contributed by atoms with Crippen LogP contribution in [0.3, 0.4) is 0 Å². The minimum absolute atomic E-state index is 0.115. The van der Waals surface area contributed by atoms with Gasteiger partial charge in [0.1, 0.15) is 0 Å². The predicted octanol–water partition coefficient (Wildman–Crippen LogP) is 1.77. The molecule has 0 bridgehead atoms. The molecule has 0 unspecified atom stereocenters. The quantitative estimate of drug-likeness (QED) is 0.313. The number of imidazole rings is 1. The van der Waals surface area contributed by atoms with E-state index in [9.17, 15) is 5.11 Å². The fraction of sp³-hybridized carbons (Fsp3) is 0.190. The summed E-state index contributed by atoms with van der Waals surface area (Å²) in [6.45, 7) is 1.45. The van der Waals surface area contributed by atoms with Crippen molar-refractivity contribution in [2.45, 2.75) is 18.1 Å². The Hall–Kier alpha value is -3.66. The van der Waals surface area contributed by atoms with Crippen LogP contribution in [0.25, 0.3) is 22.6 Å². The highest BCUT2D eigenvalue weighted by Gasteiger charge is 2.10. The summed E-state index contributed by atoms with van der Waals surface area (Å²) in [7, 11) is 0. The monoisotopic (exact) mass is 432 g/mol. The van der Waals surface area contributed by atoms with Crippen molar-refractivity contribution in [2.24, 2.45) is 4.99 Å². The third kappa shape index (κ3) is 3.77. The summed E-state index contributed by atoms with van der Waals surface area (Å²) in [5.41, 5.74) is 2.74. The molecule has 10 heteroatoms. The summed E-state index contributed by atoms with van der Waals surface area (Å²) in [5, 5.41) is 17.2. The molecular formula is C21H20N8OS. The lowest BCUT2D eigenvalue weighted by Crippen LogP contribution is -2.23. The Morgan fingerprint density at radius 1 is 1.26 bits per heavy atom. The number of nitrogens with zero attached hydrogens (tertiary/aromatic N) is 7. The molecule has 0 aliphatic heterocycles. The predicted molar refractivity (Wildman–Crippen MR) is 119 cm³/mol. The van der Waals surface area contributed by atoms with E-state index in [2.05, 4.69) is 30.0 Å². The first kappa shape index (κ1) is 19.3. The van der Waals surface area contributed by atoms with E-state index in [0.717, 1.165) is 29.1 Å². The first-order valence-electron chi connectivity index (χ1n) is 9.80. The molecule has 0 radical (unpaired) electrons. The highest BCUT2D eigenvalue weighted by atomic mass is 32.2. The molecule has 2 N–H and O–H groups in total. The van der Waals surface area contributed by atoms with E-state index in [1.807, 2.05) is 47.4 Å². The molecule has 0 saturated heterocycles. The number of H-pyrrole nitrogens is 1. The fourth-order valence-corrected chi connectivity index (χ4v) is 3.81. The number of hydrogen-bond acceptors (Lipinski definition) is 7. The van der Waals surface area contributed by atoms with Gasteiger partial charge in [-0.3, -0.25) is 0 Å². The second kappa shape index (κ2) is 8.23. The van der Waals surface area contributed by atoms with E-state index in [-0.39, 0.29) is 5.88 Å². The van der Waals surface area contributed by atoms with Gasteiger partial charge in [0.15, 0.2) is 16.7 Å². The Morgan fingerprint density at radius 3 is 3.00 bits per heavy atom. The average molecular weight is 433 g/mol. The Morgan fingerprint density at radius 2 is 2.16 bits per heavy atom. The highest BCUT2D eigenvalue weighted by Crippen LogP contribution is 2.27. The molecule has 9 nitrogen and oxygen atoms in total. The minimum Gasteiger partial charge on any atom is -0.494 e. The van der Waals surface area contributed by atoms with Crippen molar-refractivity contribution in [2.75, 3.05) is 12.8 Å². The molecule has 4 heterocycles. The van der Waals surface area contributed by atoms with Crippen LogP contribution in [0.2, 0.25) is 0 Å². The van der Waals surface area contributed by atoms with Crippen molar-refractivity contribution < 1.29 is 5.11 Å². The van der Waals surface area contributed by atoms with Crippen molar-refractivity contribution in [3.8, 4) is 5.88 Å². The lowest BCUT2D eigenvalue weighted by Gasteiger charge is -2.00. The van der Waals surface area contributed by atoms with Gasteiger partial charge in [0.25, 0.3) is 0 Å². The van der Waals surface area contributed by atoms with Crippen molar-refractivity contribution in [1.82, 2.24) is 34.1 Å². The number of aromatic hydroxyl groups is 1. The van der Waals surface area contributed by atoms with Crippen LogP contribution in [0.1, 0.15) is 12.0 Å². The third-order valence-electron chi connectivity index (χ3n) is 4.95. The zero-order chi connectivity index (χ0) is 21.2. The normalized spacial score (nSPS) is 13.1. The number of para-hydroxylation sites is 1. The van der Waals surface area contributed by atoms with Crippen LogP contribution in [0.4, 0.5) is 0 Å². The van der Waals surface area contributed by atoms with Crippen molar-refractivity contribution in [3.05, 3.63) is 65.6 Å². The van der Waals surface area contributed by atoms with Crippen LogP contribution in [0, 0.1) is 0 Å². The Balaban J connectivity index is 1.56. The van der Waals surface area contributed by atoms with E-state index in [0.29, 0.717) is 28.5 Å². The smallest absolute Gasteiger partial charge is 0.250 e. The van der Waals surface area contributed by atoms with Crippen molar-refractivity contribution in [3.63, 3.8) is 0 Å².